The van der Waals surface area contributed by atoms with Crippen LogP contribution in [0.2, 0.25) is 0 Å². The summed E-state index contributed by atoms with van der Waals surface area (Å²) in [5.41, 5.74) is 2.51. The van der Waals surface area contributed by atoms with E-state index >= 15 is 0 Å². The Morgan fingerprint density at radius 1 is 1.35 bits per heavy atom. The summed E-state index contributed by atoms with van der Waals surface area (Å²) < 4.78 is 0. The van der Waals surface area contributed by atoms with E-state index in [1.54, 1.807) is 17.5 Å². The second-order valence-corrected chi connectivity index (χ2v) is 4.98. The molecule has 0 radical (unpaired) electrons. The molecule has 17 heavy (non-hydrogen) atoms. The van der Waals surface area contributed by atoms with Crippen LogP contribution in [0.4, 0.5) is 0 Å². The lowest BCUT2D eigenvalue weighted by atomic mass is 10.1. The molecule has 2 heterocycles. The van der Waals surface area contributed by atoms with Crippen LogP contribution in [0.15, 0.2) is 29.9 Å². The number of hydrogen-bond acceptors (Lipinski definition) is 4. The van der Waals surface area contributed by atoms with Crippen molar-refractivity contribution < 1.29 is 0 Å². The summed E-state index contributed by atoms with van der Waals surface area (Å²) in [6.07, 6.45) is 4.71. The molecule has 0 saturated heterocycles. The summed E-state index contributed by atoms with van der Waals surface area (Å²) in [6.45, 7) is 5.33. The first-order valence-corrected chi connectivity index (χ1v) is 6.75. The van der Waals surface area contributed by atoms with Gasteiger partial charge in [0.1, 0.15) is 0 Å². The zero-order chi connectivity index (χ0) is 12.1. The number of aryl methyl sites for hydroxylation is 1. The van der Waals surface area contributed by atoms with Crippen LogP contribution in [-0.4, -0.2) is 16.7 Å². The molecular formula is C13H17N3S. The normalized spacial score (nSPS) is 12.6. The lowest BCUT2D eigenvalue weighted by molar-refractivity contribution is 0.601. The van der Waals surface area contributed by atoms with Gasteiger partial charge in [0.2, 0.25) is 0 Å². The van der Waals surface area contributed by atoms with Crippen LogP contribution in [0.3, 0.4) is 0 Å². The minimum absolute atomic E-state index is 0.241. The third-order valence-corrected chi connectivity index (χ3v) is 3.79. The van der Waals surface area contributed by atoms with Gasteiger partial charge in [0.05, 0.1) is 12.2 Å². The van der Waals surface area contributed by atoms with E-state index in [0.29, 0.717) is 0 Å². The molecule has 0 aliphatic heterocycles. The van der Waals surface area contributed by atoms with E-state index in [0.717, 1.165) is 13.0 Å². The highest BCUT2D eigenvalue weighted by atomic mass is 32.1. The molecule has 0 spiro atoms. The number of thiophene rings is 1. The summed E-state index contributed by atoms with van der Waals surface area (Å²) >= 11 is 1.79. The fraction of sp³-hybridized carbons (Fsp3) is 0.385. The Morgan fingerprint density at radius 3 is 2.82 bits per heavy atom. The molecule has 1 unspecified atom stereocenters. The van der Waals surface area contributed by atoms with Gasteiger partial charge in [-0.3, -0.25) is 0 Å². The smallest absolute Gasteiger partial charge is 0.0690 e. The van der Waals surface area contributed by atoms with Crippen LogP contribution >= 0.6 is 11.3 Å². The molecule has 3 nitrogen and oxygen atoms in total. The average molecular weight is 247 g/mol. The van der Waals surface area contributed by atoms with Gasteiger partial charge in [0.25, 0.3) is 0 Å². The van der Waals surface area contributed by atoms with E-state index in [1.807, 2.05) is 12.3 Å². The van der Waals surface area contributed by atoms with Crippen molar-refractivity contribution in [3.63, 3.8) is 0 Å². The molecule has 2 aromatic heterocycles. The molecule has 0 fully saturated rings. The molecule has 0 amide bonds. The number of rotatable bonds is 5. The van der Waals surface area contributed by atoms with E-state index in [1.165, 1.54) is 16.0 Å². The minimum atomic E-state index is 0.241. The maximum Gasteiger partial charge on any atom is 0.0690 e. The number of nitrogens with one attached hydrogen (secondary N) is 1. The van der Waals surface area contributed by atoms with Gasteiger partial charge in [-0.1, -0.05) is 6.92 Å². The van der Waals surface area contributed by atoms with Gasteiger partial charge in [0, 0.05) is 11.1 Å². The first-order valence-electron chi connectivity index (χ1n) is 5.87. The van der Waals surface area contributed by atoms with Crippen molar-refractivity contribution in [2.75, 3.05) is 6.54 Å². The summed E-state index contributed by atoms with van der Waals surface area (Å²) in [7, 11) is 0. The summed E-state index contributed by atoms with van der Waals surface area (Å²) in [6, 6.07) is 4.43. The highest BCUT2D eigenvalue weighted by molar-refractivity contribution is 7.10. The van der Waals surface area contributed by atoms with Crippen molar-refractivity contribution in [1.29, 1.82) is 0 Å². The van der Waals surface area contributed by atoms with E-state index in [2.05, 4.69) is 40.8 Å². The van der Waals surface area contributed by atoms with E-state index in [-0.39, 0.29) is 6.04 Å². The second-order valence-electron chi connectivity index (χ2n) is 4.03. The van der Waals surface area contributed by atoms with Gasteiger partial charge in [-0.15, -0.1) is 11.3 Å². The van der Waals surface area contributed by atoms with Gasteiger partial charge in [-0.2, -0.15) is 10.2 Å². The maximum absolute atomic E-state index is 3.97. The van der Waals surface area contributed by atoms with Crippen LogP contribution in [-0.2, 0) is 0 Å². The molecule has 2 aromatic rings. The van der Waals surface area contributed by atoms with Gasteiger partial charge in [-0.05, 0) is 48.5 Å². The standard InChI is InChI=1S/C13H17N3S/c1-3-6-14-12(11-4-7-15-16-9-11)13-10(2)5-8-17-13/h4-5,7-9,12,14H,3,6H2,1-2H3. The highest BCUT2D eigenvalue weighted by Crippen LogP contribution is 2.28. The Balaban J connectivity index is 2.29. The molecular weight excluding hydrogens is 230 g/mol. The fourth-order valence-corrected chi connectivity index (χ4v) is 2.83. The van der Waals surface area contributed by atoms with Crippen LogP contribution in [0, 0.1) is 6.92 Å². The van der Waals surface area contributed by atoms with Crippen LogP contribution in [0.25, 0.3) is 0 Å². The van der Waals surface area contributed by atoms with Crippen molar-refractivity contribution >= 4 is 11.3 Å². The lowest BCUT2D eigenvalue weighted by Gasteiger charge is -2.18. The summed E-state index contributed by atoms with van der Waals surface area (Å²) in [5, 5.41) is 13.5. The third kappa shape index (κ3) is 2.90. The van der Waals surface area contributed by atoms with Gasteiger partial charge in [-0.25, -0.2) is 0 Å². The molecule has 90 valence electrons. The number of hydrogen-bond donors (Lipinski definition) is 1. The monoisotopic (exact) mass is 247 g/mol. The molecule has 1 N–H and O–H groups in total. The lowest BCUT2D eigenvalue weighted by Crippen LogP contribution is -2.23. The molecule has 0 saturated carbocycles. The largest absolute Gasteiger partial charge is 0.306 e. The summed E-state index contributed by atoms with van der Waals surface area (Å²) in [4.78, 5) is 1.37. The van der Waals surface area contributed by atoms with Crippen molar-refractivity contribution in [1.82, 2.24) is 15.5 Å². The Morgan fingerprint density at radius 2 is 2.24 bits per heavy atom. The van der Waals surface area contributed by atoms with Gasteiger partial charge < -0.3 is 5.32 Å². The quantitative estimate of drug-likeness (QED) is 0.882. The average Bonchev–Trinajstić information content (AvgIpc) is 2.78. The van der Waals surface area contributed by atoms with Crippen molar-refractivity contribution in [3.05, 3.63) is 45.9 Å². The highest BCUT2D eigenvalue weighted by Gasteiger charge is 2.16. The van der Waals surface area contributed by atoms with Gasteiger partial charge >= 0.3 is 0 Å². The molecule has 2 rings (SSSR count). The zero-order valence-corrected chi connectivity index (χ0v) is 11.0. The number of nitrogens with zero attached hydrogens (tertiary/aromatic N) is 2. The zero-order valence-electron chi connectivity index (χ0n) is 10.2. The molecule has 0 aromatic carbocycles. The van der Waals surface area contributed by atoms with Crippen molar-refractivity contribution in [3.8, 4) is 0 Å². The van der Waals surface area contributed by atoms with E-state index in [4.69, 9.17) is 0 Å². The van der Waals surface area contributed by atoms with Crippen molar-refractivity contribution in [2.45, 2.75) is 26.3 Å². The first kappa shape index (κ1) is 12.2. The van der Waals surface area contributed by atoms with E-state index in [9.17, 15) is 0 Å². The van der Waals surface area contributed by atoms with Gasteiger partial charge in [0.15, 0.2) is 0 Å². The molecule has 4 heteroatoms. The number of aromatic nitrogens is 2. The Labute approximate surface area is 106 Å². The van der Waals surface area contributed by atoms with Crippen molar-refractivity contribution in [2.24, 2.45) is 0 Å². The van der Waals surface area contributed by atoms with Crippen LogP contribution in [0.1, 0.15) is 35.4 Å². The molecule has 0 bridgehead atoms. The predicted octanol–water partition coefficient (Wildman–Crippen LogP) is 2.94. The van der Waals surface area contributed by atoms with Crippen LogP contribution in [0.5, 0.6) is 0 Å². The first-order chi connectivity index (χ1) is 8.33. The predicted molar refractivity (Wildman–Crippen MR) is 71.2 cm³/mol. The maximum atomic E-state index is 3.97. The van der Waals surface area contributed by atoms with E-state index < -0.39 is 0 Å². The fourth-order valence-electron chi connectivity index (χ4n) is 1.80. The molecule has 0 aliphatic carbocycles. The van der Waals surface area contributed by atoms with Crippen LogP contribution < -0.4 is 5.32 Å². The second kappa shape index (κ2) is 5.89. The Hall–Kier alpha value is -1.26. The Kier molecular flexibility index (Phi) is 4.23. The molecule has 1 atom stereocenters. The molecule has 0 aliphatic rings. The topological polar surface area (TPSA) is 37.8 Å². The SMILES string of the molecule is CCCNC(c1ccnnc1)c1sccc1C. The minimum Gasteiger partial charge on any atom is -0.306 e. The Bertz CT molecular complexity index is 453. The third-order valence-electron chi connectivity index (χ3n) is 2.70. The summed E-state index contributed by atoms with van der Waals surface area (Å²) in [5.74, 6) is 0.